The summed E-state index contributed by atoms with van der Waals surface area (Å²) in [5, 5.41) is 10.9. The van der Waals surface area contributed by atoms with Crippen LogP contribution < -0.4 is 15.0 Å². The number of nitrogens with zero attached hydrogens (tertiary/aromatic N) is 5. The van der Waals surface area contributed by atoms with Gasteiger partial charge in [-0.15, -0.1) is 10.2 Å². The van der Waals surface area contributed by atoms with Gasteiger partial charge in [0.25, 0.3) is 0 Å². The summed E-state index contributed by atoms with van der Waals surface area (Å²) in [5.74, 6) is -0.117. The predicted octanol–water partition coefficient (Wildman–Crippen LogP) is 3.23. The number of aromatic nitrogens is 4. The monoisotopic (exact) mass is 468 g/mol. The minimum Gasteiger partial charge on any atom is -0.497 e. The normalized spacial score (nSPS) is 17.9. The second-order valence-corrected chi connectivity index (χ2v) is 7.87. The van der Waals surface area contributed by atoms with E-state index < -0.39 is 11.8 Å². The Balaban J connectivity index is 1.66. The van der Waals surface area contributed by atoms with Crippen molar-refractivity contribution in [2.75, 3.05) is 37.5 Å². The van der Waals surface area contributed by atoms with Gasteiger partial charge >= 0.3 is 5.97 Å². The first-order valence-corrected chi connectivity index (χ1v) is 10.7. The Labute approximate surface area is 196 Å². The van der Waals surface area contributed by atoms with Gasteiger partial charge in [0.15, 0.2) is 23.1 Å². The summed E-state index contributed by atoms with van der Waals surface area (Å²) in [6.45, 7) is 5.10. The van der Waals surface area contributed by atoms with Crippen LogP contribution in [0.25, 0.3) is 11.1 Å². The van der Waals surface area contributed by atoms with Gasteiger partial charge in [-0.1, -0.05) is 12.1 Å². The average molecular weight is 468 g/mol. The van der Waals surface area contributed by atoms with Crippen LogP contribution in [0.1, 0.15) is 24.3 Å². The first kappa shape index (κ1) is 23.3. The summed E-state index contributed by atoms with van der Waals surface area (Å²) >= 11 is 0. The maximum atomic E-state index is 14.6. The number of hydrogen-bond donors (Lipinski definition) is 1. The SMILES string of the molecule is COC(=O)c1nnc(Nc2nc(N3C[C@@H](C)O[C@@H](C)C3)ncc2F)cc1-c1ccc(OC)cc1. The van der Waals surface area contributed by atoms with Crippen LogP contribution in [0.3, 0.4) is 0 Å². The van der Waals surface area contributed by atoms with E-state index in [9.17, 15) is 9.18 Å². The molecule has 178 valence electrons. The van der Waals surface area contributed by atoms with Crippen molar-refractivity contribution in [1.82, 2.24) is 20.2 Å². The van der Waals surface area contributed by atoms with Crippen LogP contribution in [-0.2, 0) is 9.47 Å². The van der Waals surface area contributed by atoms with Crippen LogP contribution in [-0.4, -0.2) is 65.7 Å². The molecule has 0 amide bonds. The molecular formula is C23H25FN6O4. The second kappa shape index (κ2) is 9.96. The lowest BCUT2D eigenvalue weighted by Crippen LogP contribution is -2.46. The van der Waals surface area contributed by atoms with E-state index in [0.717, 1.165) is 6.20 Å². The van der Waals surface area contributed by atoms with Gasteiger partial charge in [0.05, 0.1) is 32.6 Å². The van der Waals surface area contributed by atoms with Crippen molar-refractivity contribution in [2.45, 2.75) is 26.1 Å². The zero-order valence-electron chi connectivity index (χ0n) is 19.3. The van der Waals surface area contributed by atoms with Crippen molar-refractivity contribution >= 4 is 23.6 Å². The highest BCUT2D eigenvalue weighted by atomic mass is 19.1. The third kappa shape index (κ3) is 5.04. The molecule has 11 heteroatoms. The number of nitrogens with one attached hydrogen (secondary N) is 1. The summed E-state index contributed by atoms with van der Waals surface area (Å²) in [6, 6.07) is 8.64. The van der Waals surface area contributed by atoms with Crippen LogP contribution >= 0.6 is 0 Å². The molecule has 4 rings (SSSR count). The molecule has 0 unspecified atom stereocenters. The minimum atomic E-state index is -0.650. The first-order valence-electron chi connectivity index (χ1n) is 10.7. The van der Waals surface area contributed by atoms with Crippen molar-refractivity contribution < 1.29 is 23.4 Å². The maximum Gasteiger partial charge on any atom is 0.359 e. The molecule has 3 heterocycles. The molecule has 34 heavy (non-hydrogen) atoms. The molecule has 3 aromatic rings. The fourth-order valence-corrected chi connectivity index (χ4v) is 3.75. The summed E-state index contributed by atoms with van der Waals surface area (Å²) in [4.78, 5) is 22.7. The molecule has 0 radical (unpaired) electrons. The molecule has 0 spiro atoms. The van der Waals surface area contributed by atoms with E-state index in [0.29, 0.717) is 35.9 Å². The number of methoxy groups -OCH3 is 2. The summed E-state index contributed by atoms with van der Waals surface area (Å²) < 4.78 is 30.4. The number of morpholine rings is 1. The van der Waals surface area contributed by atoms with Crippen LogP contribution in [0.15, 0.2) is 36.5 Å². The van der Waals surface area contributed by atoms with Gasteiger partial charge in [0, 0.05) is 18.7 Å². The number of ether oxygens (including phenoxy) is 3. The van der Waals surface area contributed by atoms with Crippen LogP contribution in [0.5, 0.6) is 5.75 Å². The molecule has 1 N–H and O–H groups in total. The minimum absolute atomic E-state index is 0.00222. The number of rotatable bonds is 6. The number of carbonyl (C=O) groups is 1. The van der Waals surface area contributed by atoms with Crippen LogP contribution in [0.4, 0.5) is 22.0 Å². The number of carbonyl (C=O) groups excluding carboxylic acids is 1. The molecule has 0 aliphatic carbocycles. The first-order chi connectivity index (χ1) is 16.4. The Morgan fingerprint density at radius 1 is 1.15 bits per heavy atom. The average Bonchev–Trinajstić information content (AvgIpc) is 2.84. The van der Waals surface area contributed by atoms with Crippen LogP contribution in [0, 0.1) is 5.82 Å². The molecule has 10 nitrogen and oxygen atoms in total. The molecule has 0 bridgehead atoms. The highest BCUT2D eigenvalue weighted by molar-refractivity contribution is 5.95. The van der Waals surface area contributed by atoms with Gasteiger partial charge in [-0.2, -0.15) is 4.98 Å². The quantitative estimate of drug-likeness (QED) is 0.541. The number of benzene rings is 1. The molecule has 0 saturated carbocycles. The molecule has 2 atom stereocenters. The fraction of sp³-hybridized carbons (Fsp3) is 0.348. The van der Waals surface area contributed by atoms with E-state index in [1.165, 1.54) is 7.11 Å². The van der Waals surface area contributed by atoms with Crippen LogP contribution in [0.2, 0.25) is 0 Å². The Morgan fingerprint density at radius 2 is 1.85 bits per heavy atom. The van der Waals surface area contributed by atoms with Gasteiger partial charge in [0.2, 0.25) is 5.95 Å². The smallest absolute Gasteiger partial charge is 0.359 e. The van der Waals surface area contributed by atoms with Crippen molar-refractivity contribution in [3.8, 4) is 16.9 Å². The Kier molecular flexibility index (Phi) is 6.82. The number of hydrogen-bond acceptors (Lipinski definition) is 10. The van der Waals surface area contributed by atoms with Crippen molar-refractivity contribution in [3.63, 3.8) is 0 Å². The molecule has 1 aromatic carbocycles. The lowest BCUT2D eigenvalue weighted by atomic mass is 10.0. The highest BCUT2D eigenvalue weighted by Gasteiger charge is 2.25. The molecule has 1 aliphatic heterocycles. The number of esters is 1. The molecule has 1 aliphatic rings. The topological polar surface area (TPSA) is 112 Å². The van der Waals surface area contributed by atoms with Gasteiger partial charge in [0.1, 0.15) is 5.75 Å². The summed E-state index contributed by atoms with van der Waals surface area (Å²) in [5.41, 5.74) is 1.16. The van der Waals surface area contributed by atoms with Gasteiger partial charge in [-0.25, -0.2) is 14.2 Å². The molecular weight excluding hydrogens is 443 g/mol. The molecule has 2 aromatic heterocycles. The Hall–Kier alpha value is -3.86. The lowest BCUT2D eigenvalue weighted by Gasteiger charge is -2.35. The van der Waals surface area contributed by atoms with Gasteiger partial charge < -0.3 is 24.4 Å². The summed E-state index contributed by atoms with van der Waals surface area (Å²) in [7, 11) is 2.83. The van der Waals surface area contributed by atoms with Crippen molar-refractivity contribution in [1.29, 1.82) is 0 Å². The van der Waals surface area contributed by atoms with Crippen molar-refractivity contribution in [3.05, 3.63) is 48.0 Å². The summed E-state index contributed by atoms with van der Waals surface area (Å²) in [6.07, 6.45) is 1.10. The van der Waals surface area contributed by atoms with E-state index in [1.54, 1.807) is 37.4 Å². The third-order valence-electron chi connectivity index (χ3n) is 5.25. The zero-order valence-corrected chi connectivity index (χ0v) is 19.3. The number of anilines is 3. The number of halogens is 1. The van der Waals surface area contributed by atoms with E-state index in [2.05, 4.69) is 25.5 Å². The zero-order chi connectivity index (χ0) is 24.2. The molecule has 1 fully saturated rings. The third-order valence-corrected chi connectivity index (χ3v) is 5.25. The lowest BCUT2D eigenvalue weighted by molar-refractivity contribution is -0.00572. The van der Waals surface area contributed by atoms with E-state index >= 15 is 0 Å². The van der Waals surface area contributed by atoms with E-state index in [-0.39, 0.29) is 29.5 Å². The predicted molar refractivity (Wildman–Crippen MR) is 123 cm³/mol. The molecule has 1 saturated heterocycles. The van der Waals surface area contributed by atoms with E-state index in [4.69, 9.17) is 14.2 Å². The Morgan fingerprint density at radius 3 is 2.50 bits per heavy atom. The second-order valence-electron chi connectivity index (χ2n) is 7.87. The van der Waals surface area contributed by atoms with Crippen molar-refractivity contribution in [2.24, 2.45) is 0 Å². The highest BCUT2D eigenvalue weighted by Crippen LogP contribution is 2.28. The standard InChI is InChI=1S/C23H25FN6O4/c1-13-11-30(12-14(2)34-13)23-25-10-18(24)21(27-23)26-19-9-17(20(29-28-19)22(31)33-4)15-5-7-16(32-3)8-6-15/h5-10,13-14H,11-12H2,1-4H3,(H,25,26,27,28)/t13-,14+. The maximum absolute atomic E-state index is 14.6. The van der Waals surface area contributed by atoms with Gasteiger partial charge in [-0.05, 0) is 37.6 Å². The fourth-order valence-electron chi connectivity index (χ4n) is 3.75. The van der Waals surface area contributed by atoms with E-state index in [1.807, 2.05) is 18.7 Å². The Bertz CT molecular complexity index is 1170. The largest absolute Gasteiger partial charge is 0.497 e. The van der Waals surface area contributed by atoms with Gasteiger partial charge in [-0.3, -0.25) is 0 Å².